The lowest BCUT2D eigenvalue weighted by Crippen LogP contribution is -2.31. The van der Waals surface area contributed by atoms with Crippen molar-refractivity contribution in [2.75, 3.05) is 0 Å². The van der Waals surface area contributed by atoms with Crippen molar-refractivity contribution in [1.29, 1.82) is 0 Å². The van der Waals surface area contributed by atoms with Crippen LogP contribution >= 0.6 is 15.9 Å². The lowest BCUT2D eigenvalue weighted by atomic mass is 9.83. The summed E-state index contributed by atoms with van der Waals surface area (Å²) in [5.74, 6) is 1.84. The molecule has 1 aliphatic carbocycles. The first-order valence-electron chi connectivity index (χ1n) is 7.44. The number of halogens is 1. The maximum Gasteiger partial charge on any atom is 0.124 e. The van der Waals surface area contributed by atoms with E-state index in [-0.39, 0.29) is 6.04 Å². The molecule has 1 unspecified atom stereocenters. The van der Waals surface area contributed by atoms with E-state index < -0.39 is 0 Å². The summed E-state index contributed by atoms with van der Waals surface area (Å²) in [7, 11) is 0. The molecule has 0 spiro atoms. The molecule has 2 atom stereocenters. The highest BCUT2D eigenvalue weighted by Crippen LogP contribution is 2.38. The van der Waals surface area contributed by atoms with Crippen LogP contribution in [0.1, 0.15) is 56.6 Å². The summed E-state index contributed by atoms with van der Waals surface area (Å²) in [6.07, 6.45) is 9.42. The number of hydrogen-bond donors (Lipinski definition) is 1. The van der Waals surface area contributed by atoms with Crippen LogP contribution in [0.4, 0.5) is 0 Å². The predicted molar refractivity (Wildman–Crippen MR) is 81.3 cm³/mol. The average Bonchev–Trinajstić information content (AvgIpc) is 2.41. The highest BCUT2D eigenvalue weighted by Gasteiger charge is 2.28. The van der Waals surface area contributed by atoms with Crippen LogP contribution in [0.15, 0.2) is 22.7 Å². The van der Waals surface area contributed by atoms with Gasteiger partial charge in [-0.1, -0.05) is 48.0 Å². The zero-order valence-electron chi connectivity index (χ0n) is 11.3. The monoisotopic (exact) mass is 323 g/mol. The first kappa shape index (κ1) is 13.4. The van der Waals surface area contributed by atoms with E-state index >= 15 is 0 Å². The molecule has 2 nitrogen and oxygen atoms in total. The number of rotatable bonds is 2. The van der Waals surface area contributed by atoms with E-state index in [9.17, 15) is 0 Å². The van der Waals surface area contributed by atoms with Crippen molar-refractivity contribution in [3.63, 3.8) is 0 Å². The van der Waals surface area contributed by atoms with E-state index in [1.807, 2.05) is 12.1 Å². The first-order chi connectivity index (χ1) is 9.22. The van der Waals surface area contributed by atoms with Crippen molar-refractivity contribution in [2.24, 2.45) is 11.7 Å². The quantitative estimate of drug-likeness (QED) is 0.865. The van der Waals surface area contributed by atoms with Crippen LogP contribution in [0, 0.1) is 5.92 Å². The smallest absolute Gasteiger partial charge is 0.124 e. The average molecular weight is 324 g/mol. The highest BCUT2D eigenvalue weighted by atomic mass is 79.9. The second kappa shape index (κ2) is 5.84. The van der Waals surface area contributed by atoms with Crippen LogP contribution in [0.2, 0.25) is 0 Å². The van der Waals surface area contributed by atoms with Gasteiger partial charge in [0.2, 0.25) is 0 Å². The van der Waals surface area contributed by atoms with Crippen LogP contribution in [0.3, 0.4) is 0 Å². The van der Waals surface area contributed by atoms with Crippen molar-refractivity contribution in [2.45, 2.75) is 57.1 Å². The standard InChI is InChI=1S/C16H22BrNO/c17-12-6-7-16-14(9-12)15(18)10-13(19-16)8-11-4-2-1-3-5-11/h6-7,9,11,13,15H,1-5,8,10,18H2/t13?,15-/m0/s1. The number of hydrogen-bond acceptors (Lipinski definition) is 2. The van der Waals surface area contributed by atoms with Gasteiger partial charge in [-0.3, -0.25) is 0 Å². The summed E-state index contributed by atoms with van der Waals surface area (Å²) >= 11 is 3.50. The molecule has 1 fully saturated rings. The largest absolute Gasteiger partial charge is 0.490 e. The molecule has 0 bridgehead atoms. The second-order valence-electron chi connectivity index (χ2n) is 6.00. The minimum absolute atomic E-state index is 0.120. The minimum atomic E-state index is 0.120. The molecule has 1 saturated carbocycles. The van der Waals surface area contributed by atoms with E-state index in [0.717, 1.165) is 28.1 Å². The van der Waals surface area contributed by atoms with Gasteiger partial charge in [-0.15, -0.1) is 0 Å². The van der Waals surface area contributed by atoms with Gasteiger partial charge in [-0.05, 0) is 30.5 Å². The summed E-state index contributed by atoms with van der Waals surface area (Å²) < 4.78 is 7.24. The molecular formula is C16H22BrNO. The molecule has 0 amide bonds. The Hall–Kier alpha value is -0.540. The van der Waals surface area contributed by atoms with Crippen LogP contribution in [-0.4, -0.2) is 6.10 Å². The van der Waals surface area contributed by atoms with Gasteiger partial charge in [0, 0.05) is 22.5 Å². The molecule has 1 aliphatic heterocycles. The highest BCUT2D eigenvalue weighted by molar-refractivity contribution is 9.10. The van der Waals surface area contributed by atoms with E-state index in [2.05, 4.69) is 22.0 Å². The van der Waals surface area contributed by atoms with Gasteiger partial charge in [-0.25, -0.2) is 0 Å². The topological polar surface area (TPSA) is 35.2 Å². The van der Waals surface area contributed by atoms with Crippen molar-refractivity contribution >= 4 is 15.9 Å². The van der Waals surface area contributed by atoms with E-state index in [4.69, 9.17) is 10.5 Å². The molecule has 1 aromatic rings. The van der Waals surface area contributed by atoms with E-state index in [1.165, 1.54) is 38.5 Å². The third-order valence-electron chi connectivity index (χ3n) is 4.50. The Morgan fingerprint density at radius 1 is 1.21 bits per heavy atom. The fourth-order valence-electron chi connectivity index (χ4n) is 3.49. The van der Waals surface area contributed by atoms with Gasteiger partial charge in [0.1, 0.15) is 11.9 Å². The molecule has 0 aromatic heterocycles. The van der Waals surface area contributed by atoms with Crippen LogP contribution in [-0.2, 0) is 0 Å². The van der Waals surface area contributed by atoms with Crippen molar-refractivity contribution in [1.82, 2.24) is 0 Å². The first-order valence-corrected chi connectivity index (χ1v) is 8.23. The van der Waals surface area contributed by atoms with Gasteiger partial charge >= 0.3 is 0 Å². The minimum Gasteiger partial charge on any atom is -0.490 e. The Bertz CT molecular complexity index is 442. The Labute approximate surface area is 123 Å². The molecule has 0 radical (unpaired) electrons. The van der Waals surface area contributed by atoms with Crippen LogP contribution in [0.25, 0.3) is 0 Å². The summed E-state index contributed by atoms with van der Waals surface area (Å²) in [6, 6.07) is 6.30. The second-order valence-corrected chi connectivity index (χ2v) is 6.92. The van der Waals surface area contributed by atoms with Crippen molar-refractivity contribution < 1.29 is 4.74 Å². The van der Waals surface area contributed by atoms with Crippen LogP contribution < -0.4 is 10.5 Å². The lowest BCUT2D eigenvalue weighted by Gasteiger charge is -2.33. The van der Waals surface area contributed by atoms with Crippen molar-refractivity contribution in [3.05, 3.63) is 28.2 Å². The van der Waals surface area contributed by atoms with Gasteiger partial charge in [-0.2, -0.15) is 0 Å². The maximum atomic E-state index is 6.31. The molecule has 104 valence electrons. The molecule has 1 heterocycles. The lowest BCUT2D eigenvalue weighted by molar-refractivity contribution is 0.120. The number of benzene rings is 1. The third kappa shape index (κ3) is 3.14. The Morgan fingerprint density at radius 2 is 2.00 bits per heavy atom. The molecule has 2 aliphatic rings. The zero-order valence-corrected chi connectivity index (χ0v) is 12.9. The molecule has 0 saturated heterocycles. The van der Waals surface area contributed by atoms with Gasteiger partial charge in [0.05, 0.1) is 0 Å². The summed E-state index contributed by atoms with van der Waals surface area (Å²) in [4.78, 5) is 0. The van der Waals surface area contributed by atoms with Crippen LogP contribution in [0.5, 0.6) is 5.75 Å². The molecule has 19 heavy (non-hydrogen) atoms. The van der Waals surface area contributed by atoms with Gasteiger partial charge < -0.3 is 10.5 Å². The molecule has 3 heteroatoms. The Morgan fingerprint density at radius 3 is 2.79 bits per heavy atom. The molecule has 3 rings (SSSR count). The number of fused-ring (bicyclic) bond motifs is 1. The van der Waals surface area contributed by atoms with E-state index in [1.54, 1.807) is 0 Å². The zero-order chi connectivity index (χ0) is 13.2. The summed E-state index contributed by atoms with van der Waals surface area (Å²) in [6.45, 7) is 0. The third-order valence-corrected chi connectivity index (χ3v) is 5.00. The maximum absolute atomic E-state index is 6.31. The fourth-order valence-corrected chi connectivity index (χ4v) is 3.87. The summed E-state index contributed by atoms with van der Waals surface area (Å²) in [5, 5.41) is 0. The number of nitrogens with two attached hydrogens (primary N) is 1. The fraction of sp³-hybridized carbons (Fsp3) is 0.625. The molecular weight excluding hydrogens is 302 g/mol. The Kier molecular flexibility index (Phi) is 4.13. The summed E-state index contributed by atoms with van der Waals surface area (Å²) in [5.41, 5.74) is 7.46. The van der Waals surface area contributed by atoms with Gasteiger partial charge in [0.25, 0.3) is 0 Å². The van der Waals surface area contributed by atoms with Crippen molar-refractivity contribution in [3.8, 4) is 5.75 Å². The van der Waals surface area contributed by atoms with E-state index in [0.29, 0.717) is 6.10 Å². The SMILES string of the molecule is N[C@H]1CC(CC2CCCCC2)Oc2ccc(Br)cc21. The van der Waals surface area contributed by atoms with Gasteiger partial charge in [0.15, 0.2) is 0 Å². The predicted octanol–water partition coefficient (Wildman–Crippen LogP) is 4.57. The molecule has 2 N–H and O–H groups in total. The molecule has 1 aromatic carbocycles. The normalized spacial score (nSPS) is 27.7. The number of ether oxygens (including phenoxy) is 1. The Balaban J connectivity index is 1.68.